The lowest BCUT2D eigenvalue weighted by atomic mass is 9.98. The van der Waals surface area contributed by atoms with E-state index in [2.05, 4.69) is 15.6 Å². The number of nitrogens with one attached hydrogen (secondary N) is 2. The first-order valence-corrected chi connectivity index (χ1v) is 11.8. The number of ether oxygens (including phenoxy) is 1. The van der Waals surface area contributed by atoms with E-state index in [1.807, 2.05) is 19.9 Å². The van der Waals surface area contributed by atoms with E-state index in [0.717, 1.165) is 30.9 Å². The van der Waals surface area contributed by atoms with Crippen molar-refractivity contribution in [2.75, 3.05) is 17.6 Å². The Kier molecular flexibility index (Phi) is 6.80. The number of nitrogens with zero attached hydrogens (tertiary/aromatic N) is 1. The van der Waals surface area contributed by atoms with Gasteiger partial charge in [-0.3, -0.25) is 4.99 Å². The fraction of sp³-hybridized carbons (Fsp3) is 0.524. The van der Waals surface area contributed by atoms with Crippen LogP contribution in [-0.2, 0) is 14.6 Å². The van der Waals surface area contributed by atoms with E-state index in [1.54, 1.807) is 0 Å². The topological polar surface area (TPSA) is 96.9 Å². The third-order valence-corrected chi connectivity index (χ3v) is 7.02. The summed E-state index contributed by atoms with van der Waals surface area (Å²) in [4.78, 5) is 16.2. The molecule has 1 saturated carbocycles. The lowest BCUT2D eigenvalue weighted by Crippen LogP contribution is -2.33. The van der Waals surface area contributed by atoms with Crippen LogP contribution in [0, 0.1) is 11.7 Å². The molecule has 2 atom stereocenters. The number of amidine groups is 1. The molecule has 9 heteroatoms. The maximum Gasteiger partial charge on any atom is 0.407 e. The van der Waals surface area contributed by atoms with Gasteiger partial charge < -0.3 is 15.4 Å². The van der Waals surface area contributed by atoms with E-state index in [4.69, 9.17) is 4.74 Å². The largest absolute Gasteiger partial charge is 0.446 e. The number of carbonyl (C=O) groups excluding carboxylic acids is 1. The number of sulfone groups is 1. The van der Waals surface area contributed by atoms with Gasteiger partial charge in [-0.15, -0.1) is 0 Å². The Bertz CT molecular complexity index is 972. The summed E-state index contributed by atoms with van der Waals surface area (Å²) in [6.07, 6.45) is 3.86. The van der Waals surface area contributed by atoms with Crippen LogP contribution in [0.5, 0.6) is 0 Å². The quantitative estimate of drug-likeness (QED) is 0.708. The van der Waals surface area contributed by atoms with Gasteiger partial charge >= 0.3 is 6.09 Å². The van der Waals surface area contributed by atoms with Crippen LogP contribution < -0.4 is 10.6 Å². The molecule has 0 aromatic heterocycles. The number of aliphatic imine (C=N–C) groups is 1. The number of alkyl carbamates (subject to hydrolysis) is 1. The Balaban J connectivity index is 1.58. The average molecular weight is 438 g/mol. The Morgan fingerprint density at radius 3 is 2.77 bits per heavy atom. The smallest absolute Gasteiger partial charge is 0.407 e. The minimum absolute atomic E-state index is 0.0313. The van der Waals surface area contributed by atoms with E-state index in [9.17, 15) is 17.6 Å². The van der Waals surface area contributed by atoms with Crippen molar-refractivity contribution in [3.05, 3.63) is 35.7 Å². The number of amides is 1. The summed E-state index contributed by atoms with van der Waals surface area (Å²) < 4.78 is 43.6. The first-order chi connectivity index (χ1) is 14.2. The fourth-order valence-corrected chi connectivity index (χ4v) is 4.56. The Hall–Kier alpha value is -2.42. The normalized spacial score (nSPS) is 21.4. The molecule has 164 valence electrons. The minimum Gasteiger partial charge on any atom is -0.446 e. The molecule has 7 nitrogen and oxygen atoms in total. The molecule has 1 aromatic rings. The Labute approximate surface area is 176 Å². The van der Waals surface area contributed by atoms with Gasteiger partial charge in [0.2, 0.25) is 0 Å². The number of hydrogen-bond donors (Lipinski definition) is 2. The number of benzene rings is 1. The van der Waals surface area contributed by atoms with Crippen molar-refractivity contribution in [2.45, 2.75) is 57.1 Å². The number of carbonyl (C=O) groups is 1. The molecule has 2 N–H and O–H groups in total. The van der Waals surface area contributed by atoms with E-state index >= 15 is 0 Å². The molecule has 2 unspecified atom stereocenters. The number of halogens is 1. The highest BCUT2D eigenvalue weighted by atomic mass is 32.2. The molecule has 0 spiro atoms. The van der Waals surface area contributed by atoms with Crippen molar-refractivity contribution in [3.8, 4) is 0 Å². The predicted octanol–water partition coefficient (Wildman–Crippen LogP) is 3.67. The zero-order valence-electron chi connectivity index (χ0n) is 17.4. The molecule has 30 heavy (non-hydrogen) atoms. The predicted molar refractivity (Wildman–Crippen MR) is 114 cm³/mol. The number of anilines is 1. The van der Waals surface area contributed by atoms with Crippen LogP contribution in [0.3, 0.4) is 0 Å². The zero-order chi connectivity index (χ0) is 21.9. The zero-order valence-corrected chi connectivity index (χ0v) is 18.3. The maximum absolute atomic E-state index is 14.4. The van der Waals surface area contributed by atoms with Crippen molar-refractivity contribution in [3.63, 3.8) is 0 Å². The molecule has 1 aromatic carbocycles. The van der Waals surface area contributed by atoms with Crippen molar-refractivity contribution in [2.24, 2.45) is 10.9 Å². The van der Waals surface area contributed by atoms with Crippen LogP contribution in [0.25, 0.3) is 0 Å². The van der Waals surface area contributed by atoms with Gasteiger partial charge in [0.1, 0.15) is 17.8 Å². The molecule has 0 radical (unpaired) electrons. The van der Waals surface area contributed by atoms with Gasteiger partial charge in [-0.1, -0.05) is 6.92 Å². The third kappa shape index (κ3) is 5.38. The second-order valence-corrected chi connectivity index (χ2v) is 10.2. The molecule has 1 heterocycles. The lowest BCUT2D eigenvalue weighted by Gasteiger charge is -2.15. The molecular formula is C21H28FN3O4S. The SMILES string of the molecule is CCS(=O)(=O)c1ccc(NC2=NCC(C3CCC(OC(=O)NC(C)C)C3)=C2)c(F)c1. The second kappa shape index (κ2) is 9.16. The van der Waals surface area contributed by atoms with Crippen molar-refractivity contribution < 1.29 is 22.3 Å². The molecule has 1 aliphatic heterocycles. The van der Waals surface area contributed by atoms with Crippen LogP contribution in [-0.4, -0.2) is 44.8 Å². The highest BCUT2D eigenvalue weighted by Crippen LogP contribution is 2.35. The van der Waals surface area contributed by atoms with Crippen molar-refractivity contribution in [1.82, 2.24) is 5.32 Å². The van der Waals surface area contributed by atoms with Gasteiger partial charge in [0.25, 0.3) is 0 Å². The van der Waals surface area contributed by atoms with Gasteiger partial charge in [0, 0.05) is 6.04 Å². The van der Waals surface area contributed by atoms with Gasteiger partial charge in [-0.2, -0.15) is 0 Å². The van der Waals surface area contributed by atoms with Crippen molar-refractivity contribution >= 4 is 27.5 Å². The highest BCUT2D eigenvalue weighted by molar-refractivity contribution is 7.91. The average Bonchev–Trinajstić information content (AvgIpc) is 3.32. The summed E-state index contributed by atoms with van der Waals surface area (Å²) in [6.45, 7) is 5.80. The Morgan fingerprint density at radius 2 is 2.10 bits per heavy atom. The molecule has 1 aliphatic carbocycles. The summed E-state index contributed by atoms with van der Waals surface area (Å²) in [5.41, 5.74) is 1.30. The molecule has 0 bridgehead atoms. The summed E-state index contributed by atoms with van der Waals surface area (Å²) in [5, 5.41) is 5.66. The number of rotatable bonds is 6. The third-order valence-electron chi connectivity index (χ3n) is 5.29. The summed E-state index contributed by atoms with van der Waals surface area (Å²) >= 11 is 0. The molecule has 0 saturated heterocycles. The molecule has 2 aliphatic rings. The highest BCUT2D eigenvalue weighted by Gasteiger charge is 2.31. The van der Waals surface area contributed by atoms with Gasteiger partial charge in [-0.05, 0) is 68.9 Å². The molecule has 1 fully saturated rings. The first-order valence-electron chi connectivity index (χ1n) is 10.2. The second-order valence-electron chi connectivity index (χ2n) is 7.93. The monoisotopic (exact) mass is 437 g/mol. The Morgan fingerprint density at radius 1 is 1.33 bits per heavy atom. The van der Waals surface area contributed by atoms with E-state index in [-0.39, 0.29) is 34.4 Å². The van der Waals surface area contributed by atoms with Gasteiger partial charge in [-0.25, -0.2) is 17.6 Å². The summed E-state index contributed by atoms with van der Waals surface area (Å²) in [7, 11) is -3.46. The first kappa shape index (κ1) is 22.3. The van der Waals surface area contributed by atoms with Gasteiger partial charge in [0.15, 0.2) is 9.84 Å². The van der Waals surface area contributed by atoms with Gasteiger partial charge in [0.05, 0.1) is 22.9 Å². The lowest BCUT2D eigenvalue weighted by molar-refractivity contribution is 0.0975. The standard InChI is InChI=1S/C21H28FN3O4S/c1-4-30(27,28)17-7-8-19(18(22)11-17)25-20-10-15(12-23-20)14-5-6-16(9-14)29-21(26)24-13(2)3/h7-8,10-11,13-14,16H,4-6,9,12H2,1-3H3,(H,23,25)(H,24,26). The van der Waals surface area contributed by atoms with Crippen molar-refractivity contribution in [1.29, 1.82) is 0 Å². The van der Waals surface area contributed by atoms with E-state index < -0.39 is 21.7 Å². The van der Waals surface area contributed by atoms with Crippen LogP contribution in [0.2, 0.25) is 0 Å². The summed E-state index contributed by atoms with van der Waals surface area (Å²) in [6, 6.07) is 3.87. The van der Waals surface area contributed by atoms with Crippen LogP contribution in [0.15, 0.2) is 39.7 Å². The minimum atomic E-state index is -3.46. The van der Waals surface area contributed by atoms with E-state index in [0.29, 0.717) is 12.4 Å². The molecule has 1 amide bonds. The summed E-state index contributed by atoms with van der Waals surface area (Å²) in [5.74, 6) is 0.0896. The van der Waals surface area contributed by atoms with Crippen LogP contribution in [0.1, 0.15) is 40.0 Å². The van der Waals surface area contributed by atoms with Crippen LogP contribution >= 0.6 is 0 Å². The molecular weight excluding hydrogens is 409 g/mol. The number of hydrogen-bond acceptors (Lipinski definition) is 6. The molecule has 3 rings (SSSR count). The van der Waals surface area contributed by atoms with E-state index in [1.165, 1.54) is 19.1 Å². The maximum atomic E-state index is 14.4. The fourth-order valence-electron chi connectivity index (χ4n) is 3.67. The van der Waals surface area contributed by atoms with Crippen LogP contribution in [0.4, 0.5) is 14.9 Å².